The van der Waals surface area contributed by atoms with E-state index in [4.69, 9.17) is 0 Å². The van der Waals surface area contributed by atoms with Gasteiger partial charge >= 0.3 is 0 Å². The molecule has 2 aromatic rings. The molecule has 0 radical (unpaired) electrons. The zero-order chi connectivity index (χ0) is 18.7. The molecular formula is C20H21N3O3. The third-order valence-electron chi connectivity index (χ3n) is 4.74. The number of carbonyl (C=O) groups is 3. The standard InChI is InChI=1S/C20H21N3O3/c1-3-13(2)17(18(24)22-12-14-7-6-10-21-11-14)23-19(25)15-8-4-5-9-16(15)20(23)26/h4-11,13,17H,3,12H2,1-2H3,(H,22,24). The highest BCUT2D eigenvalue weighted by Crippen LogP contribution is 2.28. The van der Waals surface area contributed by atoms with Crippen LogP contribution in [0.5, 0.6) is 0 Å². The van der Waals surface area contributed by atoms with E-state index in [9.17, 15) is 14.4 Å². The zero-order valence-corrected chi connectivity index (χ0v) is 14.8. The third kappa shape index (κ3) is 3.22. The fourth-order valence-corrected chi connectivity index (χ4v) is 3.11. The van der Waals surface area contributed by atoms with Gasteiger partial charge in [0, 0.05) is 18.9 Å². The molecule has 1 aromatic heterocycles. The molecule has 0 spiro atoms. The smallest absolute Gasteiger partial charge is 0.262 e. The first-order valence-corrected chi connectivity index (χ1v) is 8.68. The summed E-state index contributed by atoms with van der Waals surface area (Å²) in [5, 5.41) is 2.83. The van der Waals surface area contributed by atoms with Crippen LogP contribution < -0.4 is 5.32 Å². The van der Waals surface area contributed by atoms with Crippen LogP contribution in [-0.4, -0.2) is 33.6 Å². The lowest BCUT2D eigenvalue weighted by atomic mass is 9.96. The lowest BCUT2D eigenvalue weighted by molar-refractivity contribution is -0.126. The molecule has 26 heavy (non-hydrogen) atoms. The van der Waals surface area contributed by atoms with Crippen LogP contribution in [-0.2, 0) is 11.3 Å². The maximum Gasteiger partial charge on any atom is 0.262 e. The Morgan fingerprint density at radius 2 is 1.77 bits per heavy atom. The molecular weight excluding hydrogens is 330 g/mol. The number of amides is 3. The minimum Gasteiger partial charge on any atom is -0.350 e. The van der Waals surface area contributed by atoms with Gasteiger partial charge in [0.15, 0.2) is 0 Å². The summed E-state index contributed by atoms with van der Waals surface area (Å²) in [7, 11) is 0. The first-order valence-electron chi connectivity index (χ1n) is 8.68. The molecule has 0 saturated heterocycles. The summed E-state index contributed by atoms with van der Waals surface area (Å²) in [6.45, 7) is 4.10. The Morgan fingerprint density at radius 3 is 2.31 bits per heavy atom. The van der Waals surface area contributed by atoms with E-state index in [1.54, 1.807) is 42.7 Å². The Balaban J connectivity index is 1.84. The van der Waals surface area contributed by atoms with Gasteiger partial charge < -0.3 is 5.32 Å². The summed E-state index contributed by atoms with van der Waals surface area (Å²) in [5.74, 6) is -1.32. The number of nitrogens with one attached hydrogen (secondary N) is 1. The van der Waals surface area contributed by atoms with E-state index in [0.717, 1.165) is 10.5 Å². The predicted octanol–water partition coefficient (Wildman–Crippen LogP) is 2.41. The lowest BCUT2D eigenvalue weighted by Crippen LogP contribution is -2.52. The first kappa shape index (κ1) is 17.8. The van der Waals surface area contributed by atoms with E-state index in [1.807, 2.05) is 19.9 Å². The average Bonchev–Trinajstić information content (AvgIpc) is 2.92. The van der Waals surface area contributed by atoms with Crippen LogP contribution >= 0.6 is 0 Å². The molecule has 1 N–H and O–H groups in total. The number of benzene rings is 1. The predicted molar refractivity (Wildman–Crippen MR) is 96.3 cm³/mol. The highest BCUT2D eigenvalue weighted by molar-refractivity contribution is 6.22. The number of hydrogen-bond acceptors (Lipinski definition) is 4. The van der Waals surface area contributed by atoms with Gasteiger partial charge in [-0.15, -0.1) is 0 Å². The molecule has 3 amide bonds. The van der Waals surface area contributed by atoms with Crippen molar-refractivity contribution >= 4 is 17.7 Å². The average molecular weight is 351 g/mol. The minimum absolute atomic E-state index is 0.161. The van der Waals surface area contributed by atoms with Gasteiger partial charge in [-0.2, -0.15) is 0 Å². The number of carbonyl (C=O) groups excluding carboxylic acids is 3. The summed E-state index contributed by atoms with van der Waals surface area (Å²) in [4.78, 5) is 43.5. The molecule has 1 aromatic carbocycles. The molecule has 0 saturated carbocycles. The second-order valence-corrected chi connectivity index (χ2v) is 6.44. The van der Waals surface area contributed by atoms with E-state index in [-0.39, 0.29) is 11.8 Å². The van der Waals surface area contributed by atoms with Crippen LogP contribution in [0.3, 0.4) is 0 Å². The minimum atomic E-state index is -0.843. The number of hydrogen-bond donors (Lipinski definition) is 1. The van der Waals surface area contributed by atoms with E-state index < -0.39 is 17.9 Å². The van der Waals surface area contributed by atoms with Crippen LogP contribution in [0.25, 0.3) is 0 Å². The lowest BCUT2D eigenvalue weighted by Gasteiger charge is -2.29. The highest BCUT2D eigenvalue weighted by atomic mass is 16.2. The topological polar surface area (TPSA) is 79.4 Å². The fourth-order valence-electron chi connectivity index (χ4n) is 3.11. The van der Waals surface area contributed by atoms with Gasteiger partial charge in [-0.3, -0.25) is 24.3 Å². The molecule has 6 nitrogen and oxygen atoms in total. The van der Waals surface area contributed by atoms with Crippen LogP contribution in [0.15, 0.2) is 48.8 Å². The molecule has 3 rings (SSSR count). The number of fused-ring (bicyclic) bond motifs is 1. The second kappa shape index (κ2) is 7.47. The number of imide groups is 1. The summed E-state index contributed by atoms with van der Waals surface area (Å²) in [6.07, 6.45) is 3.99. The van der Waals surface area contributed by atoms with Gasteiger partial charge in [0.05, 0.1) is 11.1 Å². The van der Waals surface area contributed by atoms with Crippen LogP contribution in [0.4, 0.5) is 0 Å². The van der Waals surface area contributed by atoms with Crippen molar-refractivity contribution in [3.63, 3.8) is 0 Å². The van der Waals surface area contributed by atoms with Crippen LogP contribution in [0.2, 0.25) is 0 Å². The number of nitrogens with zero attached hydrogens (tertiary/aromatic N) is 2. The van der Waals surface area contributed by atoms with E-state index >= 15 is 0 Å². The quantitative estimate of drug-likeness (QED) is 0.811. The Hall–Kier alpha value is -3.02. The van der Waals surface area contributed by atoms with Gasteiger partial charge in [-0.05, 0) is 29.7 Å². The summed E-state index contributed by atoms with van der Waals surface area (Å²) in [5.41, 5.74) is 1.56. The first-order chi connectivity index (χ1) is 12.5. The van der Waals surface area contributed by atoms with E-state index in [1.165, 1.54) is 0 Å². The zero-order valence-electron chi connectivity index (χ0n) is 14.8. The Labute approximate surface area is 152 Å². The van der Waals surface area contributed by atoms with E-state index in [0.29, 0.717) is 24.1 Å². The number of aromatic nitrogens is 1. The second-order valence-electron chi connectivity index (χ2n) is 6.44. The molecule has 1 aliphatic rings. The Morgan fingerprint density at radius 1 is 1.12 bits per heavy atom. The van der Waals surface area contributed by atoms with Crippen molar-refractivity contribution in [2.75, 3.05) is 0 Å². The van der Waals surface area contributed by atoms with Crippen molar-refractivity contribution in [2.45, 2.75) is 32.9 Å². The van der Waals surface area contributed by atoms with Crippen molar-refractivity contribution in [3.8, 4) is 0 Å². The van der Waals surface area contributed by atoms with Crippen molar-refractivity contribution in [3.05, 3.63) is 65.5 Å². The molecule has 1 aliphatic heterocycles. The number of pyridine rings is 1. The SMILES string of the molecule is CCC(C)C(C(=O)NCc1cccnc1)N1C(=O)c2ccccc2C1=O. The van der Waals surface area contributed by atoms with Gasteiger partial charge in [-0.25, -0.2) is 0 Å². The molecule has 2 atom stereocenters. The summed E-state index contributed by atoms with van der Waals surface area (Å²) >= 11 is 0. The van der Waals surface area contributed by atoms with E-state index in [2.05, 4.69) is 10.3 Å². The summed E-state index contributed by atoms with van der Waals surface area (Å²) in [6, 6.07) is 9.48. The molecule has 0 bridgehead atoms. The third-order valence-corrected chi connectivity index (χ3v) is 4.74. The van der Waals surface area contributed by atoms with Gasteiger partial charge in [0.25, 0.3) is 11.8 Å². The highest BCUT2D eigenvalue weighted by Gasteiger charge is 2.44. The Kier molecular flexibility index (Phi) is 5.11. The van der Waals surface area contributed by atoms with Crippen molar-refractivity contribution in [2.24, 2.45) is 5.92 Å². The maximum atomic E-state index is 12.9. The summed E-state index contributed by atoms with van der Waals surface area (Å²) < 4.78 is 0. The normalized spacial score (nSPS) is 15.5. The molecule has 134 valence electrons. The van der Waals surface area contributed by atoms with Gasteiger partial charge in [0.1, 0.15) is 6.04 Å². The fraction of sp³-hybridized carbons (Fsp3) is 0.300. The van der Waals surface area contributed by atoms with Gasteiger partial charge in [0.2, 0.25) is 5.91 Å². The molecule has 6 heteroatoms. The van der Waals surface area contributed by atoms with Crippen molar-refractivity contribution in [1.82, 2.24) is 15.2 Å². The molecule has 2 unspecified atom stereocenters. The van der Waals surface area contributed by atoms with Crippen molar-refractivity contribution in [1.29, 1.82) is 0 Å². The number of rotatable bonds is 6. The largest absolute Gasteiger partial charge is 0.350 e. The molecule has 0 fully saturated rings. The molecule has 2 heterocycles. The molecule has 0 aliphatic carbocycles. The van der Waals surface area contributed by atoms with Crippen LogP contribution in [0.1, 0.15) is 46.5 Å². The van der Waals surface area contributed by atoms with Crippen LogP contribution in [0, 0.1) is 5.92 Å². The maximum absolute atomic E-state index is 12.9. The van der Waals surface area contributed by atoms with Crippen molar-refractivity contribution < 1.29 is 14.4 Å². The monoisotopic (exact) mass is 351 g/mol. The Bertz CT molecular complexity index is 800. The van der Waals surface area contributed by atoms with Gasteiger partial charge in [-0.1, -0.05) is 38.5 Å².